The predicted octanol–water partition coefficient (Wildman–Crippen LogP) is 4.79. The van der Waals surface area contributed by atoms with Gasteiger partial charge in [-0.2, -0.15) is 12.6 Å². The monoisotopic (exact) mass is 216 g/mol. The molecule has 0 unspecified atom stereocenters. The van der Waals surface area contributed by atoms with Crippen molar-refractivity contribution in [1.82, 2.24) is 0 Å². The van der Waals surface area contributed by atoms with Crippen molar-refractivity contribution in [3.63, 3.8) is 0 Å². The highest BCUT2D eigenvalue weighted by Crippen LogP contribution is 2.59. The zero-order valence-corrected chi connectivity index (χ0v) is 12.3. The first kappa shape index (κ1) is 14.3. The van der Waals surface area contributed by atoms with Crippen LogP contribution in [-0.2, 0) is 0 Å². The van der Waals surface area contributed by atoms with Gasteiger partial charge in [-0.3, -0.25) is 0 Å². The van der Waals surface area contributed by atoms with Crippen LogP contribution in [0.4, 0.5) is 0 Å². The summed E-state index contributed by atoms with van der Waals surface area (Å²) in [5.74, 6) is 0. The number of hydrogen-bond donors (Lipinski definition) is 1. The maximum Gasteiger partial charge on any atom is 0.0137 e. The molecular weight excluding hydrogens is 188 g/mol. The first-order valence-electron chi connectivity index (χ1n) is 5.47. The molecular formula is C13H28S. The highest BCUT2D eigenvalue weighted by Gasteiger charge is 2.54. The third-order valence-corrected chi connectivity index (χ3v) is 4.67. The van der Waals surface area contributed by atoms with Crippen molar-refractivity contribution in [2.75, 3.05) is 0 Å². The van der Waals surface area contributed by atoms with Gasteiger partial charge in [0.1, 0.15) is 0 Å². The molecule has 0 aliphatic carbocycles. The minimum Gasteiger partial charge on any atom is -0.172 e. The van der Waals surface area contributed by atoms with E-state index in [1.807, 2.05) is 0 Å². The molecule has 0 saturated carbocycles. The van der Waals surface area contributed by atoms with E-state index in [1.165, 1.54) is 0 Å². The molecule has 0 amide bonds. The fourth-order valence-corrected chi connectivity index (χ4v) is 3.63. The molecule has 0 atom stereocenters. The summed E-state index contributed by atoms with van der Waals surface area (Å²) in [4.78, 5) is 0. The highest BCUT2D eigenvalue weighted by molar-refractivity contribution is 7.81. The van der Waals surface area contributed by atoms with Crippen LogP contribution in [-0.4, -0.2) is 4.75 Å². The standard InChI is InChI=1S/C13H28S/c1-10(2,3)13(9,11(4,5)6)12(7,8)14/h14H,1-9H3. The first-order chi connectivity index (χ1) is 5.75. The molecule has 0 radical (unpaired) electrons. The Morgan fingerprint density at radius 2 is 0.786 bits per heavy atom. The van der Waals surface area contributed by atoms with Crippen molar-refractivity contribution in [3.05, 3.63) is 0 Å². The summed E-state index contributed by atoms with van der Waals surface area (Å²) < 4.78 is 0.0174. The van der Waals surface area contributed by atoms with Crippen LogP contribution in [0.2, 0.25) is 0 Å². The molecule has 0 saturated heterocycles. The fourth-order valence-electron chi connectivity index (χ4n) is 2.96. The van der Waals surface area contributed by atoms with E-state index < -0.39 is 0 Å². The molecule has 0 aromatic rings. The molecule has 0 fully saturated rings. The number of hydrogen-bond acceptors (Lipinski definition) is 1. The molecule has 0 rings (SSSR count). The maximum atomic E-state index is 4.82. The Morgan fingerprint density at radius 3 is 0.786 bits per heavy atom. The van der Waals surface area contributed by atoms with E-state index in [-0.39, 0.29) is 21.0 Å². The maximum absolute atomic E-state index is 4.82. The van der Waals surface area contributed by atoms with Crippen molar-refractivity contribution in [2.45, 2.75) is 67.1 Å². The van der Waals surface area contributed by atoms with Crippen molar-refractivity contribution in [3.8, 4) is 0 Å². The minimum absolute atomic E-state index is 0.0174. The Morgan fingerprint density at radius 1 is 0.571 bits per heavy atom. The number of thiol groups is 1. The van der Waals surface area contributed by atoms with Crippen LogP contribution >= 0.6 is 12.6 Å². The topological polar surface area (TPSA) is 0 Å². The molecule has 0 spiro atoms. The third kappa shape index (κ3) is 2.13. The molecule has 14 heavy (non-hydrogen) atoms. The van der Waals surface area contributed by atoms with Crippen LogP contribution in [0.3, 0.4) is 0 Å². The Hall–Kier alpha value is 0.350. The Bertz CT molecular complexity index is 159. The van der Waals surface area contributed by atoms with Crippen molar-refractivity contribution < 1.29 is 0 Å². The second-order valence-electron chi connectivity index (χ2n) is 7.18. The Kier molecular flexibility index (Phi) is 3.52. The molecule has 0 heterocycles. The lowest BCUT2D eigenvalue weighted by Crippen LogP contribution is -2.54. The van der Waals surface area contributed by atoms with E-state index in [0.717, 1.165) is 0 Å². The van der Waals surface area contributed by atoms with Gasteiger partial charge in [-0.1, -0.05) is 62.3 Å². The second-order valence-corrected chi connectivity index (χ2v) is 8.30. The van der Waals surface area contributed by atoms with Crippen LogP contribution in [0.5, 0.6) is 0 Å². The molecule has 0 bridgehead atoms. The second kappa shape index (κ2) is 3.43. The Labute approximate surface area is 96.3 Å². The van der Waals surface area contributed by atoms with Gasteiger partial charge < -0.3 is 0 Å². The van der Waals surface area contributed by atoms with Crippen molar-refractivity contribution in [2.24, 2.45) is 16.2 Å². The average Bonchev–Trinajstić information content (AvgIpc) is 1.77. The van der Waals surface area contributed by atoms with Crippen LogP contribution in [0, 0.1) is 16.2 Å². The highest BCUT2D eigenvalue weighted by atomic mass is 32.1. The quantitative estimate of drug-likeness (QED) is 0.598. The van der Waals surface area contributed by atoms with Crippen LogP contribution < -0.4 is 0 Å². The van der Waals surface area contributed by atoms with Crippen LogP contribution in [0.1, 0.15) is 62.3 Å². The lowest BCUT2D eigenvalue weighted by molar-refractivity contribution is -0.0401. The fraction of sp³-hybridized carbons (Fsp3) is 1.00. The molecule has 0 aromatic heterocycles. The largest absolute Gasteiger partial charge is 0.172 e. The summed E-state index contributed by atoms with van der Waals surface area (Å²) in [6, 6.07) is 0. The van der Waals surface area contributed by atoms with Gasteiger partial charge in [-0.25, -0.2) is 0 Å². The average molecular weight is 216 g/mol. The Balaban J connectivity index is 5.54. The van der Waals surface area contributed by atoms with Crippen LogP contribution in [0.25, 0.3) is 0 Å². The van der Waals surface area contributed by atoms with E-state index >= 15 is 0 Å². The summed E-state index contributed by atoms with van der Waals surface area (Å²) in [5, 5.41) is 0. The first-order valence-corrected chi connectivity index (χ1v) is 5.92. The molecule has 1 heteroatoms. The molecule has 0 aromatic carbocycles. The molecule has 0 aliphatic rings. The van der Waals surface area contributed by atoms with Gasteiger partial charge in [0.15, 0.2) is 0 Å². The minimum atomic E-state index is 0.0174. The molecule has 0 N–H and O–H groups in total. The predicted molar refractivity (Wildman–Crippen MR) is 70.1 cm³/mol. The molecule has 0 nitrogen and oxygen atoms in total. The smallest absolute Gasteiger partial charge is 0.0137 e. The van der Waals surface area contributed by atoms with Gasteiger partial charge in [0.25, 0.3) is 0 Å². The van der Waals surface area contributed by atoms with E-state index in [1.54, 1.807) is 0 Å². The van der Waals surface area contributed by atoms with Gasteiger partial charge in [0.05, 0.1) is 0 Å². The number of rotatable bonds is 1. The lowest BCUT2D eigenvalue weighted by atomic mass is 9.50. The van der Waals surface area contributed by atoms with Gasteiger partial charge in [-0.15, -0.1) is 0 Å². The zero-order valence-electron chi connectivity index (χ0n) is 11.4. The summed E-state index contributed by atoms with van der Waals surface area (Å²) in [7, 11) is 0. The molecule has 86 valence electrons. The van der Waals surface area contributed by atoms with Crippen molar-refractivity contribution >= 4 is 12.6 Å². The van der Waals surface area contributed by atoms with E-state index in [2.05, 4.69) is 62.3 Å². The van der Waals surface area contributed by atoms with Gasteiger partial charge in [0, 0.05) is 4.75 Å². The summed E-state index contributed by atoms with van der Waals surface area (Å²) >= 11 is 4.82. The van der Waals surface area contributed by atoms with Crippen LogP contribution in [0.15, 0.2) is 0 Å². The normalized spacial score (nSPS) is 15.9. The van der Waals surface area contributed by atoms with E-state index in [9.17, 15) is 0 Å². The summed E-state index contributed by atoms with van der Waals surface area (Å²) in [6.45, 7) is 20.7. The van der Waals surface area contributed by atoms with E-state index in [0.29, 0.717) is 0 Å². The van der Waals surface area contributed by atoms with Gasteiger partial charge >= 0.3 is 0 Å². The summed E-state index contributed by atoms with van der Waals surface area (Å²) in [6.07, 6.45) is 0. The zero-order chi connectivity index (χ0) is 12.0. The third-order valence-electron chi connectivity index (χ3n) is 4.22. The summed E-state index contributed by atoms with van der Waals surface area (Å²) in [5.41, 5.74) is 0.670. The lowest BCUT2D eigenvalue weighted by Gasteiger charge is -2.58. The van der Waals surface area contributed by atoms with Gasteiger partial charge in [0.2, 0.25) is 0 Å². The molecule has 0 aliphatic heterocycles. The van der Waals surface area contributed by atoms with Gasteiger partial charge in [-0.05, 0) is 16.2 Å². The van der Waals surface area contributed by atoms with Crippen molar-refractivity contribution in [1.29, 1.82) is 0 Å². The SMILES string of the molecule is CC(C)(C)C(C)(C(C)(C)C)C(C)(C)S. The van der Waals surface area contributed by atoms with E-state index in [4.69, 9.17) is 12.6 Å².